The SMILES string of the molecule is NN=CNC(=O)c1cccc(C(=O)NC=NN)n1. The lowest BCUT2D eigenvalue weighted by atomic mass is 10.3. The van der Waals surface area contributed by atoms with E-state index >= 15 is 0 Å². The molecule has 18 heavy (non-hydrogen) atoms. The third-order valence-corrected chi connectivity index (χ3v) is 1.75. The summed E-state index contributed by atoms with van der Waals surface area (Å²) < 4.78 is 0. The van der Waals surface area contributed by atoms with E-state index in [2.05, 4.69) is 25.8 Å². The minimum atomic E-state index is -0.536. The average molecular weight is 249 g/mol. The molecule has 0 saturated carbocycles. The number of amides is 2. The van der Waals surface area contributed by atoms with Crippen molar-refractivity contribution in [3.05, 3.63) is 29.6 Å². The fourth-order valence-corrected chi connectivity index (χ4v) is 1.03. The van der Waals surface area contributed by atoms with Crippen LogP contribution in [0.4, 0.5) is 0 Å². The van der Waals surface area contributed by atoms with Gasteiger partial charge in [0.25, 0.3) is 11.8 Å². The van der Waals surface area contributed by atoms with Crippen LogP contribution in [0.25, 0.3) is 0 Å². The summed E-state index contributed by atoms with van der Waals surface area (Å²) in [6, 6.07) is 4.39. The molecule has 0 aliphatic rings. The Kier molecular flexibility index (Phi) is 4.79. The highest BCUT2D eigenvalue weighted by molar-refractivity contribution is 6.02. The Morgan fingerprint density at radius 1 is 1.06 bits per heavy atom. The van der Waals surface area contributed by atoms with Crippen LogP contribution in [0.15, 0.2) is 28.4 Å². The van der Waals surface area contributed by atoms with E-state index in [1.165, 1.54) is 18.2 Å². The van der Waals surface area contributed by atoms with E-state index in [0.717, 1.165) is 12.7 Å². The summed E-state index contributed by atoms with van der Waals surface area (Å²) >= 11 is 0. The first kappa shape index (κ1) is 13.1. The lowest BCUT2D eigenvalue weighted by Gasteiger charge is -2.02. The van der Waals surface area contributed by atoms with E-state index in [4.69, 9.17) is 11.7 Å². The van der Waals surface area contributed by atoms with Crippen LogP contribution in [0.1, 0.15) is 21.0 Å². The fraction of sp³-hybridized carbons (Fsp3) is 0. The Labute approximate surface area is 102 Å². The standard InChI is InChI=1S/C9H11N7O2/c10-14-4-12-8(17)6-2-1-3-7(16-6)9(18)13-5-15-11/h1-5H,10-11H2,(H,12,14,17)(H,13,15,18). The second kappa shape index (κ2) is 6.58. The van der Waals surface area contributed by atoms with Crippen molar-refractivity contribution in [1.29, 1.82) is 0 Å². The van der Waals surface area contributed by atoms with Gasteiger partial charge < -0.3 is 22.3 Å². The first-order chi connectivity index (χ1) is 8.69. The minimum Gasteiger partial charge on any atom is -0.322 e. The molecule has 0 unspecified atom stereocenters. The topological polar surface area (TPSA) is 148 Å². The summed E-state index contributed by atoms with van der Waals surface area (Å²) in [6.45, 7) is 0. The molecule has 0 fully saturated rings. The van der Waals surface area contributed by atoms with Gasteiger partial charge in [0, 0.05) is 0 Å². The predicted molar refractivity (Wildman–Crippen MR) is 64.5 cm³/mol. The maximum atomic E-state index is 11.5. The number of carbonyl (C=O) groups excluding carboxylic acids is 2. The molecule has 1 rings (SSSR count). The van der Waals surface area contributed by atoms with Gasteiger partial charge in [0.15, 0.2) is 0 Å². The fourth-order valence-electron chi connectivity index (χ4n) is 1.03. The molecule has 9 nitrogen and oxygen atoms in total. The normalized spacial score (nSPS) is 10.7. The largest absolute Gasteiger partial charge is 0.322 e. The van der Waals surface area contributed by atoms with Crippen LogP contribution in [0.2, 0.25) is 0 Å². The summed E-state index contributed by atoms with van der Waals surface area (Å²) in [4.78, 5) is 26.8. The Morgan fingerprint density at radius 2 is 1.50 bits per heavy atom. The van der Waals surface area contributed by atoms with Crippen molar-refractivity contribution in [3.63, 3.8) is 0 Å². The van der Waals surface area contributed by atoms with Crippen LogP contribution in [-0.2, 0) is 0 Å². The molecular formula is C9H11N7O2. The summed E-state index contributed by atoms with van der Waals surface area (Å²) in [5.74, 6) is 8.59. The quantitative estimate of drug-likeness (QED) is 0.218. The third kappa shape index (κ3) is 3.56. The van der Waals surface area contributed by atoms with Crippen molar-refractivity contribution in [2.45, 2.75) is 0 Å². The molecule has 1 heterocycles. The van der Waals surface area contributed by atoms with Gasteiger partial charge in [-0.1, -0.05) is 6.07 Å². The van der Waals surface area contributed by atoms with E-state index in [1.807, 2.05) is 0 Å². The van der Waals surface area contributed by atoms with Crippen molar-refractivity contribution in [2.75, 3.05) is 0 Å². The summed E-state index contributed by atoms with van der Waals surface area (Å²) in [6.07, 6.45) is 2.02. The van der Waals surface area contributed by atoms with Crippen molar-refractivity contribution in [2.24, 2.45) is 21.9 Å². The van der Waals surface area contributed by atoms with Crippen molar-refractivity contribution < 1.29 is 9.59 Å². The zero-order valence-electron chi connectivity index (χ0n) is 9.20. The molecule has 0 saturated heterocycles. The molecule has 2 amide bonds. The molecule has 0 aliphatic heterocycles. The Balaban J connectivity index is 2.85. The monoisotopic (exact) mass is 249 g/mol. The molecule has 1 aromatic rings. The van der Waals surface area contributed by atoms with Crippen molar-refractivity contribution in [3.8, 4) is 0 Å². The van der Waals surface area contributed by atoms with Crippen LogP contribution < -0.4 is 22.3 Å². The average Bonchev–Trinajstić information content (AvgIpc) is 2.42. The van der Waals surface area contributed by atoms with Gasteiger partial charge in [-0.25, -0.2) is 4.98 Å². The van der Waals surface area contributed by atoms with Gasteiger partial charge in [-0.15, -0.1) is 0 Å². The highest BCUT2D eigenvalue weighted by Crippen LogP contribution is 1.99. The first-order valence-corrected chi connectivity index (χ1v) is 4.71. The third-order valence-electron chi connectivity index (χ3n) is 1.75. The van der Waals surface area contributed by atoms with Crippen LogP contribution >= 0.6 is 0 Å². The van der Waals surface area contributed by atoms with E-state index in [9.17, 15) is 9.59 Å². The molecular weight excluding hydrogens is 238 g/mol. The number of nitrogens with one attached hydrogen (secondary N) is 2. The first-order valence-electron chi connectivity index (χ1n) is 4.71. The molecule has 1 aromatic heterocycles. The zero-order valence-corrected chi connectivity index (χ0v) is 9.20. The van der Waals surface area contributed by atoms with Crippen molar-refractivity contribution in [1.82, 2.24) is 15.6 Å². The predicted octanol–water partition coefficient (Wildman–Crippen LogP) is -1.65. The highest BCUT2D eigenvalue weighted by atomic mass is 16.2. The molecule has 94 valence electrons. The molecule has 0 spiro atoms. The summed E-state index contributed by atoms with van der Waals surface area (Å²) in [5.41, 5.74) is 0.0967. The van der Waals surface area contributed by atoms with Crippen LogP contribution in [-0.4, -0.2) is 29.5 Å². The maximum Gasteiger partial charge on any atom is 0.275 e. The number of pyridine rings is 1. The number of hydrogen-bond donors (Lipinski definition) is 4. The Bertz CT molecular complexity index is 456. The van der Waals surface area contributed by atoms with E-state index in [-0.39, 0.29) is 11.4 Å². The van der Waals surface area contributed by atoms with E-state index in [1.54, 1.807) is 0 Å². The molecule has 0 aromatic carbocycles. The van der Waals surface area contributed by atoms with Crippen LogP contribution in [0, 0.1) is 0 Å². The molecule has 6 N–H and O–H groups in total. The van der Waals surface area contributed by atoms with Gasteiger partial charge in [-0.3, -0.25) is 9.59 Å². The molecule has 9 heteroatoms. The number of nitrogens with zero attached hydrogens (tertiary/aromatic N) is 3. The number of rotatable bonds is 4. The highest BCUT2D eigenvalue weighted by Gasteiger charge is 2.10. The number of hydrazone groups is 2. The molecule has 0 bridgehead atoms. The van der Waals surface area contributed by atoms with Gasteiger partial charge in [-0.05, 0) is 12.1 Å². The van der Waals surface area contributed by atoms with Crippen LogP contribution in [0.5, 0.6) is 0 Å². The smallest absolute Gasteiger partial charge is 0.275 e. The van der Waals surface area contributed by atoms with E-state index < -0.39 is 11.8 Å². The van der Waals surface area contributed by atoms with Gasteiger partial charge in [0.1, 0.15) is 24.1 Å². The molecule has 0 radical (unpaired) electrons. The van der Waals surface area contributed by atoms with Gasteiger partial charge in [-0.2, -0.15) is 10.2 Å². The van der Waals surface area contributed by atoms with Gasteiger partial charge >= 0.3 is 0 Å². The van der Waals surface area contributed by atoms with Gasteiger partial charge in [0.05, 0.1) is 0 Å². The molecule has 0 aliphatic carbocycles. The van der Waals surface area contributed by atoms with Crippen LogP contribution in [0.3, 0.4) is 0 Å². The maximum absolute atomic E-state index is 11.5. The Morgan fingerprint density at radius 3 is 1.89 bits per heavy atom. The minimum absolute atomic E-state index is 0.0484. The zero-order chi connectivity index (χ0) is 13.4. The summed E-state index contributed by atoms with van der Waals surface area (Å²) in [5, 5.41) is 10.7. The number of aromatic nitrogens is 1. The van der Waals surface area contributed by atoms with Crippen molar-refractivity contribution >= 4 is 24.5 Å². The number of nitrogens with two attached hydrogens (primary N) is 2. The van der Waals surface area contributed by atoms with E-state index in [0.29, 0.717) is 0 Å². The lowest BCUT2D eigenvalue weighted by molar-refractivity contribution is 0.0970. The number of carbonyl (C=O) groups is 2. The second-order valence-corrected chi connectivity index (χ2v) is 2.91. The summed E-state index contributed by atoms with van der Waals surface area (Å²) in [7, 11) is 0. The Hall–Kier alpha value is -2.97. The number of hydrogen-bond acceptors (Lipinski definition) is 7. The second-order valence-electron chi connectivity index (χ2n) is 2.91. The van der Waals surface area contributed by atoms with Gasteiger partial charge in [0.2, 0.25) is 0 Å². The lowest BCUT2D eigenvalue weighted by Crippen LogP contribution is -2.26. The molecule has 0 atom stereocenters.